The molecule has 118 valence electrons. The van der Waals surface area contributed by atoms with Gasteiger partial charge in [-0.1, -0.05) is 0 Å². The quantitative estimate of drug-likeness (QED) is 0.781. The van der Waals surface area contributed by atoms with Gasteiger partial charge in [-0.2, -0.15) is 0 Å². The van der Waals surface area contributed by atoms with Crippen molar-refractivity contribution in [3.05, 3.63) is 47.4 Å². The smallest absolute Gasteiger partial charge is 0.212 e. The molecule has 0 spiro atoms. The van der Waals surface area contributed by atoms with Gasteiger partial charge in [0.1, 0.15) is 5.76 Å². The lowest BCUT2D eigenvalue weighted by atomic mass is 10.2. The van der Waals surface area contributed by atoms with Crippen molar-refractivity contribution in [1.29, 1.82) is 0 Å². The molecule has 0 fully saturated rings. The first-order chi connectivity index (χ1) is 11.1. The summed E-state index contributed by atoms with van der Waals surface area (Å²) in [7, 11) is 4.03. The molecule has 1 atom stereocenters. The van der Waals surface area contributed by atoms with Crippen LogP contribution in [0.3, 0.4) is 0 Å². The van der Waals surface area contributed by atoms with Crippen LogP contribution in [0, 0.1) is 0 Å². The minimum atomic E-state index is -0.0622. The Morgan fingerprint density at radius 1 is 1.17 bits per heavy atom. The van der Waals surface area contributed by atoms with E-state index in [1.807, 2.05) is 37.0 Å². The van der Waals surface area contributed by atoms with E-state index in [-0.39, 0.29) is 5.37 Å². The number of hydrogen-bond acceptors (Lipinski definition) is 6. The van der Waals surface area contributed by atoms with E-state index in [0.29, 0.717) is 5.22 Å². The summed E-state index contributed by atoms with van der Waals surface area (Å²) in [4.78, 5) is 2.06. The zero-order chi connectivity index (χ0) is 16.0. The van der Waals surface area contributed by atoms with Crippen LogP contribution in [-0.2, 0) is 0 Å². The van der Waals surface area contributed by atoms with Crippen molar-refractivity contribution >= 4 is 29.1 Å². The summed E-state index contributed by atoms with van der Waals surface area (Å²) in [5, 5.41) is 9.63. The molecule has 4 rings (SSSR count). The fraction of sp³-hybridized carbons (Fsp3) is 0.200. The highest BCUT2D eigenvalue weighted by Crippen LogP contribution is 2.41. The number of aromatic nitrogens is 3. The maximum absolute atomic E-state index is 5.85. The van der Waals surface area contributed by atoms with Gasteiger partial charge < -0.3 is 14.7 Å². The molecule has 23 heavy (non-hydrogen) atoms. The largest absolute Gasteiger partial charge is 0.447 e. The van der Waals surface area contributed by atoms with Gasteiger partial charge in [0.25, 0.3) is 0 Å². The number of fused-ring (bicyclic) bond motifs is 1. The summed E-state index contributed by atoms with van der Waals surface area (Å²) < 4.78 is 7.36. The van der Waals surface area contributed by atoms with Gasteiger partial charge in [0.05, 0.1) is 0 Å². The molecule has 0 aliphatic carbocycles. The van der Waals surface area contributed by atoms with Gasteiger partial charge in [0, 0.05) is 25.3 Å². The molecule has 1 aliphatic heterocycles. The summed E-state index contributed by atoms with van der Waals surface area (Å²) >= 11 is 7.39. The lowest BCUT2D eigenvalue weighted by Crippen LogP contribution is -2.13. The van der Waals surface area contributed by atoms with Crippen molar-refractivity contribution in [3.8, 4) is 11.4 Å². The summed E-state index contributed by atoms with van der Waals surface area (Å²) in [5.74, 6) is 1.54. The van der Waals surface area contributed by atoms with Gasteiger partial charge in [-0.3, -0.25) is 0 Å². The molecule has 0 radical (unpaired) electrons. The normalized spacial score (nSPS) is 16.2. The molecule has 1 N–H and O–H groups in total. The Hall–Kier alpha value is -2.12. The molecule has 1 unspecified atom stereocenters. The van der Waals surface area contributed by atoms with Crippen LogP contribution in [0.2, 0.25) is 5.22 Å². The monoisotopic (exact) mass is 347 g/mol. The predicted molar refractivity (Wildman–Crippen MR) is 91.5 cm³/mol. The average molecular weight is 348 g/mol. The van der Waals surface area contributed by atoms with Crippen molar-refractivity contribution < 1.29 is 4.42 Å². The van der Waals surface area contributed by atoms with E-state index in [0.717, 1.165) is 28.0 Å². The lowest BCUT2D eigenvalue weighted by molar-refractivity contribution is 0.511. The van der Waals surface area contributed by atoms with Crippen LogP contribution in [0.4, 0.5) is 5.69 Å². The van der Waals surface area contributed by atoms with Gasteiger partial charge >= 0.3 is 0 Å². The van der Waals surface area contributed by atoms with Crippen LogP contribution < -0.4 is 10.3 Å². The average Bonchev–Trinajstić information content (AvgIpc) is 3.21. The molecule has 2 aromatic heterocycles. The van der Waals surface area contributed by atoms with E-state index < -0.39 is 0 Å². The highest BCUT2D eigenvalue weighted by Gasteiger charge is 2.30. The molecular weight excluding hydrogens is 334 g/mol. The molecule has 8 heteroatoms. The second kappa shape index (κ2) is 5.50. The van der Waals surface area contributed by atoms with Crippen LogP contribution in [0.1, 0.15) is 11.1 Å². The van der Waals surface area contributed by atoms with Crippen molar-refractivity contribution in [2.24, 2.45) is 0 Å². The molecule has 0 bridgehead atoms. The zero-order valence-electron chi connectivity index (χ0n) is 12.5. The summed E-state index contributed by atoms with van der Waals surface area (Å²) in [6, 6.07) is 11.8. The molecule has 0 amide bonds. The van der Waals surface area contributed by atoms with Crippen molar-refractivity contribution in [2.45, 2.75) is 10.5 Å². The predicted octanol–water partition coefficient (Wildman–Crippen LogP) is 3.61. The number of rotatable bonds is 3. The van der Waals surface area contributed by atoms with E-state index in [9.17, 15) is 0 Å². The zero-order valence-corrected chi connectivity index (χ0v) is 14.1. The minimum Gasteiger partial charge on any atom is -0.447 e. The highest BCUT2D eigenvalue weighted by molar-refractivity contribution is 7.99. The fourth-order valence-electron chi connectivity index (χ4n) is 2.40. The van der Waals surface area contributed by atoms with E-state index in [4.69, 9.17) is 16.0 Å². The number of thioether (sulfide) groups is 1. The van der Waals surface area contributed by atoms with E-state index in [1.54, 1.807) is 17.8 Å². The number of nitrogens with zero attached hydrogens (tertiary/aromatic N) is 4. The van der Waals surface area contributed by atoms with Gasteiger partial charge in [-0.25, -0.2) is 4.68 Å². The highest BCUT2D eigenvalue weighted by atomic mass is 35.5. The molecule has 3 aromatic rings. The SMILES string of the molecule is CN(C)c1ccc(-c2nnc3n2NC(c2ccc(Cl)o2)S3)cc1. The second-order valence-corrected chi connectivity index (χ2v) is 6.80. The van der Waals surface area contributed by atoms with Crippen molar-refractivity contribution in [1.82, 2.24) is 14.9 Å². The maximum atomic E-state index is 5.85. The van der Waals surface area contributed by atoms with Gasteiger partial charge in [0.15, 0.2) is 16.4 Å². The Kier molecular flexibility index (Phi) is 3.46. The first-order valence-electron chi connectivity index (χ1n) is 7.03. The van der Waals surface area contributed by atoms with Crippen molar-refractivity contribution in [3.63, 3.8) is 0 Å². The van der Waals surface area contributed by atoms with Crippen LogP contribution in [-0.4, -0.2) is 29.0 Å². The summed E-state index contributed by atoms with van der Waals surface area (Å²) in [6.07, 6.45) is 0. The number of benzene rings is 1. The summed E-state index contributed by atoms with van der Waals surface area (Å²) in [6.45, 7) is 0. The first-order valence-corrected chi connectivity index (χ1v) is 8.29. The Labute approximate surface area is 142 Å². The molecular formula is C15H14ClN5OS. The van der Waals surface area contributed by atoms with Gasteiger partial charge in [0.2, 0.25) is 5.16 Å². The molecule has 6 nitrogen and oxygen atoms in total. The number of halogens is 1. The first kappa shape index (κ1) is 14.5. The Morgan fingerprint density at radius 2 is 1.96 bits per heavy atom. The standard InChI is InChI=1S/C15H14ClN5OS/c1-20(2)10-5-3-9(4-6-10)13-17-18-15-21(13)19-14(23-15)11-7-8-12(16)22-11/h3-8,14,19H,1-2H3. The van der Waals surface area contributed by atoms with Gasteiger partial charge in [-0.15, -0.1) is 10.2 Å². The summed E-state index contributed by atoms with van der Waals surface area (Å²) in [5.41, 5.74) is 5.48. The van der Waals surface area contributed by atoms with E-state index in [2.05, 4.69) is 32.7 Å². The van der Waals surface area contributed by atoms with Gasteiger partial charge in [-0.05, 0) is 59.8 Å². The second-order valence-electron chi connectivity index (χ2n) is 5.35. The Morgan fingerprint density at radius 3 is 2.61 bits per heavy atom. The number of nitrogens with one attached hydrogen (secondary N) is 1. The minimum absolute atomic E-state index is 0.0622. The van der Waals surface area contributed by atoms with Crippen LogP contribution in [0.5, 0.6) is 0 Å². The Bertz CT molecular complexity index is 842. The Balaban J connectivity index is 1.62. The molecule has 1 aromatic carbocycles. The fourth-order valence-corrected chi connectivity index (χ4v) is 3.49. The van der Waals surface area contributed by atoms with Crippen LogP contribution >= 0.6 is 23.4 Å². The third-order valence-corrected chi connectivity index (χ3v) is 4.85. The molecule has 3 heterocycles. The number of furan rings is 1. The molecule has 0 saturated carbocycles. The molecule has 1 aliphatic rings. The van der Waals surface area contributed by atoms with Crippen LogP contribution in [0.15, 0.2) is 46.0 Å². The topological polar surface area (TPSA) is 59.1 Å². The van der Waals surface area contributed by atoms with Crippen LogP contribution in [0.25, 0.3) is 11.4 Å². The lowest BCUT2D eigenvalue weighted by Gasteiger charge is -2.13. The molecule has 0 saturated heterocycles. The third kappa shape index (κ3) is 2.55. The van der Waals surface area contributed by atoms with E-state index >= 15 is 0 Å². The maximum Gasteiger partial charge on any atom is 0.212 e. The third-order valence-electron chi connectivity index (χ3n) is 3.60. The number of hydrogen-bond donors (Lipinski definition) is 1. The van der Waals surface area contributed by atoms with Crippen molar-refractivity contribution in [2.75, 3.05) is 24.4 Å². The van der Waals surface area contributed by atoms with E-state index in [1.165, 1.54) is 0 Å². The number of anilines is 1.